The third-order valence-corrected chi connectivity index (χ3v) is 7.69. The fraction of sp³-hybridized carbons (Fsp3) is 0.469. The molecule has 2 aliphatic heterocycles. The first-order chi connectivity index (χ1) is 19.6. The van der Waals surface area contributed by atoms with Gasteiger partial charge in [-0.1, -0.05) is 60.7 Å². The predicted molar refractivity (Wildman–Crippen MR) is 155 cm³/mol. The van der Waals surface area contributed by atoms with Crippen LogP contribution in [-0.2, 0) is 22.4 Å². The van der Waals surface area contributed by atoms with Gasteiger partial charge in [0.05, 0.1) is 30.2 Å². The topological polar surface area (TPSA) is 97.1 Å². The minimum absolute atomic E-state index is 0.189. The Balaban J connectivity index is 1.46. The average molecular weight is 561 g/mol. The number of aromatic nitrogens is 2. The first kappa shape index (κ1) is 28.8. The summed E-state index contributed by atoms with van der Waals surface area (Å²) >= 11 is 0. The summed E-state index contributed by atoms with van der Waals surface area (Å²) in [7, 11) is 0. The van der Waals surface area contributed by atoms with Crippen molar-refractivity contribution < 1.29 is 24.2 Å². The largest absolute Gasteiger partial charge is 0.444 e. The minimum Gasteiger partial charge on any atom is -0.444 e. The fourth-order valence-electron chi connectivity index (χ4n) is 5.60. The molecule has 0 aliphatic carbocycles. The van der Waals surface area contributed by atoms with Gasteiger partial charge in [-0.05, 0) is 32.8 Å². The number of ether oxygens (including phenoxy) is 2. The van der Waals surface area contributed by atoms with Crippen LogP contribution in [0.5, 0.6) is 0 Å². The SMILES string of the molecule is CC(C)(C)OC(=O)N1CCN(C(=O)c2ncn(CC3(O)CCOCC3)c2-c2ccccc2)[C@H](Cc2ccccc2)C1. The number of amides is 2. The summed E-state index contributed by atoms with van der Waals surface area (Å²) in [6.45, 7) is 7.96. The van der Waals surface area contributed by atoms with Crippen LogP contribution in [0.25, 0.3) is 11.3 Å². The summed E-state index contributed by atoms with van der Waals surface area (Å²) < 4.78 is 13.0. The standard InChI is InChI=1S/C32H40N4O5/c1-31(2,3)41-30(38)34-16-17-36(26(21-34)20-24-10-6-4-7-11-24)29(37)27-28(25-12-8-5-9-13-25)35(23-33-27)22-32(39)14-18-40-19-15-32/h4-13,23,26,39H,14-22H2,1-3H3/t26-/m1/s1. The van der Waals surface area contributed by atoms with E-state index in [2.05, 4.69) is 4.98 Å². The van der Waals surface area contributed by atoms with Crippen molar-refractivity contribution in [1.29, 1.82) is 0 Å². The number of carbonyl (C=O) groups excluding carboxylic acids is 2. The molecule has 2 amide bonds. The second-order valence-corrected chi connectivity index (χ2v) is 12.0. The van der Waals surface area contributed by atoms with Crippen LogP contribution in [0.3, 0.4) is 0 Å². The van der Waals surface area contributed by atoms with Crippen molar-refractivity contribution in [1.82, 2.24) is 19.4 Å². The molecule has 0 spiro atoms. The molecule has 0 bridgehead atoms. The molecular weight excluding hydrogens is 520 g/mol. The van der Waals surface area contributed by atoms with Crippen molar-refractivity contribution >= 4 is 12.0 Å². The van der Waals surface area contributed by atoms with Gasteiger partial charge in [0, 0.05) is 51.3 Å². The van der Waals surface area contributed by atoms with E-state index in [-0.39, 0.29) is 18.0 Å². The molecule has 3 heterocycles. The van der Waals surface area contributed by atoms with Crippen LogP contribution in [0, 0.1) is 0 Å². The van der Waals surface area contributed by atoms with Gasteiger partial charge < -0.3 is 28.9 Å². The Kier molecular flexibility index (Phi) is 8.47. The van der Waals surface area contributed by atoms with Gasteiger partial charge in [-0.2, -0.15) is 0 Å². The highest BCUT2D eigenvalue weighted by molar-refractivity contribution is 5.98. The minimum atomic E-state index is -0.933. The van der Waals surface area contributed by atoms with Crippen molar-refractivity contribution in [3.05, 3.63) is 78.2 Å². The zero-order valence-corrected chi connectivity index (χ0v) is 24.2. The smallest absolute Gasteiger partial charge is 0.410 e. The van der Waals surface area contributed by atoms with Crippen molar-refractivity contribution in [3.63, 3.8) is 0 Å². The van der Waals surface area contributed by atoms with Crippen LogP contribution in [0.2, 0.25) is 0 Å². The molecule has 1 aromatic heterocycles. The van der Waals surface area contributed by atoms with E-state index in [0.717, 1.165) is 11.1 Å². The number of hydrogen-bond donors (Lipinski definition) is 1. The Hall–Kier alpha value is -3.69. The molecule has 9 heteroatoms. The third-order valence-electron chi connectivity index (χ3n) is 7.69. The average Bonchev–Trinajstić information content (AvgIpc) is 3.36. The highest BCUT2D eigenvalue weighted by Gasteiger charge is 2.38. The number of benzene rings is 2. The lowest BCUT2D eigenvalue weighted by molar-refractivity contribution is -0.0726. The van der Waals surface area contributed by atoms with E-state index in [4.69, 9.17) is 9.47 Å². The predicted octanol–water partition coefficient (Wildman–Crippen LogP) is 4.40. The molecule has 9 nitrogen and oxygen atoms in total. The Morgan fingerprint density at radius 1 is 1.02 bits per heavy atom. The second kappa shape index (κ2) is 12.0. The molecule has 0 radical (unpaired) electrons. The summed E-state index contributed by atoms with van der Waals surface area (Å²) in [6, 6.07) is 19.4. The molecule has 2 saturated heterocycles. The second-order valence-electron chi connectivity index (χ2n) is 12.0. The highest BCUT2D eigenvalue weighted by atomic mass is 16.6. The molecule has 3 aromatic rings. The number of nitrogens with zero attached hydrogens (tertiary/aromatic N) is 4. The van der Waals surface area contributed by atoms with Gasteiger partial charge >= 0.3 is 6.09 Å². The van der Waals surface area contributed by atoms with E-state index in [1.807, 2.05) is 90.9 Å². The third kappa shape index (κ3) is 6.97. The van der Waals surface area contributed by atoms with Gasteiger partial charge in [0.15, 0.2) is 5.69 Å². The summed E-state index contributed by atoms with van der Waals surface area (Å²) in [5.74, 6) is -0.189. The lowest BCUT2D eigenvalue weighted by Gasteiger charge is -2.41. The van der Waals surface area contributed by atoms with Crippen LogP contribution in [0.15, 0.2) is 67.0 Å². The Morgan fingerprint density at radius 2 is 1.68 bits per heavy atom. The molecule has 2 aliphatic rings. The van der Waals surface area contributed by atoms with E-state index >= 15 is 0 Å². The van der Waals surface area contributed by atoms with E-state index in [1.165, 1.54) is 0 Å². The summed E-state index contributed by atoms with van der Waals surface area (Å²) in [5.41, 5.74) is 1.43. The number of aliphatic hydroxyl groups is 1. The maximum atomic E-state index is 14.3. The van der Waals surface area contributed by atoms with Gasteiger partial charge in [0.2, 0.25) is 0 Å². The molecule has 0 saturated carbocycles. The molecule has 1 atom stereocenters. The van der Waals surface area contributed by atoms with E-state index < -0.39 is 11.2 Å². The Labute approximate surface area is 241 Å². The summed E-state index contributed by atoms with van der Waals surface area (Å²) in [5, 5.41) is 11.3. The normalized spacial score (nSPS) is 19.2. The van der Waals surface area contributed by atoms with Gasteiger partial charge in [-0.25, -0.2) is 9.78 Å². The Morgan fingerprint density at radius 3 is 2.34 bits per heavy atom. The fourth-order valence-corrected chi connectivity index (χ4v) is 5.60. The molecule has 1 N–H and O–H groups in total. The van der Waals surface area contributed by atoms with Gasteiger partial charge in [-0.15, -0.1) is 0 Å². The van der Waals surface area contributed by atoms with E-state index in [1.54, 1.807) is 11.2 Å². The molecule has 5 rings (SSSR count). The van der Waals surface area contributed by atoms with Crippen LogP contribution in [-0.4, -0.2) is 86.5 Å². The number of imidazole rings is 1. The highest BCUT2D eigenvalue weighted by Crippen LogP contribution is 2.30. The van der Waals surface area contributed by atoms with Crippen LogP contribution in [0.4, 0.5) is 4.79 Å². The van der Waals surface area contributed by atoms with E-state index in [9.17, 15) is 14.7 Å². The monoisotopic (exact) mass is 560 g/mol. The first-order valence-electron chi connectivity index (χ1n) is 14.4. The Bertz CT molecular complexity index is 1330. The molecule has 41 heavy (non-hydrogen) atoms. The molecule has 2 fully saturated rings. The lowest BCUT2D eigenvalue weighted by atomic mass is 9.94. The number of rotatable bonds is 6. The number of piperazine rings is 1. The summed E-state index contributed by atoms with van der Waals surface area (Å²) in [6.07, 6.45) is 2.92. The molecule has 0 unspecified atom stereocenters. The molecule has 2 aromatic carbocycles. The zero-order valence-electron chi connectivity index (χ0n) is 24.2. The number of hydrogen-bond acceptors (Lipinski definition) is 6. The van der Waals surface area contributed by atoms with Gasteiger partial charge in [-0.3, -0.25) is 4.79 Å². The quantitative estimate of drug-likeness (QED) is 0.480. The molecule has 218 valence electrons. The number of carbonyl (C=O) groups is 2. The lowest BCUT2D eigenvalue weighted by Crippen LogP contribution is -2.58. The van der Waals surface area contributed by atoms with Gasteiger partial charge in [0.25, 0.3) is 5.91 Å². The maximum absolute atomic E-state index is 14.3. The van der Waals surface area contributed by atoms with Crippen LogP contribution < -0.4 is 0 Å². The maximum Gasteiger partial charge on any atom is 0.410 e. The van der Waals surface area contributed by atoms with Crippen LogP contribution in [0.1, 0.15) is 49.7 Å². The van der Waals surface area contributed by atoms with Crippen LogP contribution >= 0.6 is 0 Å². The summed E-state index contributed by atoms with van der Waals surface area (Å²) in [4.78, 5) is 35.5. The first-order valence-corrected chi connectivity index (χ1v) is 14.4. The molecular formula is C32H40N4O5. The van der Waals surface area contributed by atoms with Crippen molar-refractivity contribution in [2.75, 3.05) is 32.8 Å². The van der Waals surface area contributed by atoms with E-state index in [0.29, 0.717) is 70.0 Å². The van der Waals surface area contributed by atoms with Crippen molar-refractivity contribution in [2.45, 2.75) is 63.8 Å². The van der Waals surface area contributed by atoms with Crippen molar-refractivity contribution in [3.8, 4) is 11.3 Å². The van der Waals surface area contributed by atoms with Crippen molar-refractivity contribution in [2.24, 2.45) is 0 Å². The van der Waals surface area contributed by atoms with Gasteiger partial charge in [0.1, 0.15) is 5.60 Å². The zero-order chi connectivity index (χ0) is 29.0.